The van der Waals surface area contributed by atoms with Gasteiger partial charge in [0, 0.05) is 0 Å². The topological polar surface area (TPSA) is 44.8 Å². The van der Waals surface area contributed by atoms with E-state index in [1.165, 1.54) is 0 Å². The van der Waals surface area contributed by atoms with Gasteiger partial charge < -0.3 is 0 Å². The van der Waals surface area contributed by atoms with Crippen LogP contribution in [-0.4, -0.2) is 19.8 Å². The predicted octanol–water partition coefficient (Wildman–Crippen LogP) is 4.40. The molecule has 0 aromatic rings. The minimum Gasteiger partial charge on any atom is -0.287 e. The molecule has 0 rings (SSSR count). The summed E-state index contributed by atoms with van der Waals surface area (Å²) in [5.74, 6) is 0.313. The van der Waals surface area contributed by atoms with Crippen LogP contribution in [0.2, 0.25) is 0 Å². The van der Waals surface area contributed by atoms with Crippen LogP contribution in [0.4, 0.5) is 0 Å². The SMILES string of the molecule is CCCCOP(=O)(OCCCC)OCC(C)C. The van der Waals surface area contributed by atoms with Gasteiger partial charge in [0.15, 0.2) is 0 Å². The average Bonchev–Trinajstić information content (AvgIpc) is 2.27. The third-order valence-corrected chi connectivity index (χ3v) is 3.52. The molecule has 0 saturated carbocycles. The molecule has 0 radical (unpaired) electrons. The zero-order chi connectivity index (χ0) is 13.1. The molecule has 104 valence electrons. The monoisotopic (exact) mass is 266 g/mol. The Labute approximate surface area is 106 Å². The fourth-order valence-corrected chi connectivity index (χ4v) is 2.40. The summed E-state index contributed by atoms with van der Waals surface area (Å²) in [5, 5.41) is 0. The van der Waals surface area contributed by atoms with E-state index in [1.54, 1.807) is 0 Å². The van der Waals surface area contributed by atoms with Gasteiger partial charge in [0.2, 0.25) is 0 Å². The molecular weight excluding hydrogens is 239 g/mol. The molecule has 0 unspecified atom stereocenters. The van der Waals surface area contributed by atoms with Crippen LogP contribution < -0.4 is 0 Å². The Morgan fingerprint density at radius 3 is 1.76 bits per heavy atom. The zero-order valence-corrected chi connectivity index (χ0v) is 12.5. The molecule has 4 nitrogen and oxygen atoms in total. The third kappa shape index (κ3) is 9.78. The van der Waals surface area contributed by atoms with Gasteiger partial charge in [-0.25, -0.2) is 4.57 Å². The summed E-state index contributed by atoms with van der Waals surface area (Å²) >= 11 is 0. The van der Waals surface area contributed by atoms with Crippen LogP contribution in [0.25, 0.3) is 0 Å². The Morgan fingerprint density at radius 1 is 0.941 bits per heavy atom. The minimum absolute atomic E-state index is 0.313. The number of phosphoric acid groups is 1. The lowest BCUT2D eigenvalue weighted by Gasteiger charge is -2.18. The maximum Gasteiger partial charge on any atom is 0.474 e. The average molecular weight is 266 g/mol. The fraction of sp³-hybridized carbons (Fsp3) is 1.00. The van der Waals surface area contributed by atoms with E-state index < -0.39 is 7.82 Å². The molecule has 0 heterocycles. The Bertz CT molecular complexity index is 205. The number of rotatable bonds is 11. The summed E-state index contributed by atoms with van der Waals surface area (Å²) in [5.41, 5.74) is 0. The van der Waals surface area contributed by atoms with Crippen molar-refractivity contribution in [2.45, 2.75) is 53.4 Å². The highest BCUT2D eigenvalue weighted by molar-refractivity contribution is 7.48. The molecule has 0 amide bonds. The van der Waals surface area contributed by atoms with Crippen LogP contribution in [0.15, 0.2) is 0 Å². The molecule has 0 N–H and O–H groups in total. The first kappa shape index (κ1) is 17.1. The first-order chi connectivity index (χ1) is 8.04. The van der Waals surface area contributed by atoms with Crippen molar-refractivity contribution in [3.05, 3.63) is 0 Å². The maximum absolute atomic E-state index is 12.2. The van der Waals surface area contributed by atoms with Crippen LogP contribution in [0.5, 0.6) is 0 Å². The smallest absolute Gasteiger partial charge is 0.287 e. The molecule has 0 aliphatic heterocycles. The number of unbranched alkanes of at least 4 members (excludes halogenated alkanes) is 2. The van der Waals surface area contributed by atoms with Crippen LogP contribution in [-0.2, 0) is 18.1 Å². The number of phosphoric ester groups is 1. The van der Waals surface area contributed by atoms with Gasteiger partial charge in [-0.05, 0) is 18.8 Å². The lowest BCUT2D eigenvalue weighted by molar-refractivity contribution is 0.102. The van der Waals surface area contributed by atoms with E-state index in [9.17, 15) is 4.57 Å². The van der Waals surface area contributed by atoms with E-state index in [0.29, 0.717) is 25.7 Å². The molecule has 0 aliphatic rings. The maximum atomic E-state index is 12.2. The van der Waals surface area contributed by atoms with E-state index in [1.807, 2.05) is 13.8 Å². The molecule has 17 heavy (non-hydrogen) atoms. The van der Waals surface area contributed by atoms with Crippen molar-refractivity contribution in [2.24, 2.45) is 5.92 Å². The molecule has 0 aliphatic carbocycles. The molecule has 0 atom stereocenters. The van der Waals surface area contributed by atoms with Crippen molar-refractivity contribution < 1.29 is 18.1 Å². The molecule has 0 bridgehead atoms. The van der Waals surface area contributed by atoms with E-state index in [4.69, 9.17) is 13.6 Å². The molecule has 0 aromatic heterocycles. The Hall–Kier alpha value is 0.110. The van der Waals surface area contributed by atoms with Crippen molar-refractivity contribution in [1.29, 1.82) is 0 Å². The minimum atomic E-state index is -3.33. The molecular formula is C12H27O4P. The van der Waals surface area contributed by atoms with Gasteiger partial charge in [0.1, 0.15) is 0 Å². The Morgan fingerprint density at radius 2 is 1.41 bits per heavy atom. The fourth-order valence-electron chi connectivity index (χ4n) is 0.994. The predicted molar refractivity (Wildman–Crippen MR) is 70.1 cm³/mol. The molecule has 5 heteroatoms. The van der Waals surface area contributed by atoms with Crippen LogP contribution >= 0.6 is 7.82 Å². The van der Waals surface area contributed by atoms with Gasteiger partial charge in [-0.1, -0.05) is 40.5 Å². The van der Waals surface area contributed by atoms with Crippen LogP contribution in [0.3, 0.4) is 0 Å². The summed E-state index contributed by atoms with van der Waals surface area (Å²) in [7, 11) is -3.33. The largest absolute Gasteiger partial charge is 0.474 e. The second kappa shape index (κ2) is 10.1. The van der Waals surface area contributed by atoms with Crippen LogP contribution in [0, 0.1) is 5.92 Å². The van der Waals surface area contributed by atoms with Crippen molar-refractivity contribution in [3.8, 4) is 0 Å². The highest BCUT2D eigenvalue weighted by atomic mass is 31.2. The van der Waals surface area contributed by atoms with E-state index in [0.717, 1.165) is 25.7 Å². The molecule has 0 fully saturated rings. The normalized spacial score (nSPS) is 12.3. The second-order valence-corrected chi connectivity index (χ2v) is 6.18. The standard InChI is InChI=1S/C12H27O4P/c1-5-7-9-14-17(13,15-10-8-6-2)16-11-12(3)4/h12H,5-11H2,1-4H3. The zero-order valence-electron chi connectivity index (χ0n) is 11.6. The lowest BCUT2D eigenvalue weighted by Crippen LogP contribution is -2.06. The quantitative estimate of drug-likeness (QED) is 0.410. The summed E-state index contributed by atoms with van der Waals surface area (Å²) in [6, 6.07) is 0. The highest BCUT2D eigenvalue weighted by Crippen LogP contribution is 2.50. The third-order valence-electron chi connectivity index (χ3n) is 2.06. The number of hydrogen-bond donors (Lipinski definition) is 0. The van der Waals surface area contributed by atoms with Crippen molar-refractivity contribution in [2.75, 3.05) is 19.8 Å². The molecule has 0 saturated heterocycles. The Balaban J connectivity index is 4.09. The second-order valence-electron chi connectivity index (χ2n) is 4.51. The van der Waals surface area contributed by atoms with Crippen molar-refractivity contribution >= 4 is 7.82 Å². The summed E-state index contributed by atoms with van der Waals surface area (Å²) in [4.78, 5) is 0. The van der Waals surface area contributed by atoms with E-state index in [-0.39, 0.29) is 0 Å². The van der Waals surface area contributed by atoms with Gasteiger partial charge in [-0.15, -0.1) is 0 Å². The summed E-state index contributed by atoms with van der Waals surface area (Å²) < 4.78 is 28.1. The highest BCUT2D eigenvalue weighted by Gasteiger charge is 2.26. The van der Waals surface area contributed by atoms with Gasteiger partial charge in [-0.2, -0.15) is 0 Å². The van der Waals surface area contributed by atoms with Gasteiger partial charge in [0.25, 0.3) is 0 Å². The van der Waals surface area contributed by atoms with Crippen molar-refractivity contribution in [3.63, 3.8) is 0 Å². The molecule has 0 spiro atoms. The van der Waals surface area contributed by atoms with E-state index in [2.05, 4.69) is 13.8 Å². The lowest BCUT2D eigenvalue weighted by atomic mass is 10.2. The van der Waals surface area contributed by atoms with E-state index >= 15 is 0 Å². The number of hydrogen-bond acceptors (Lipinski definition) is 4. The van der Waals surface area contributed by atoms with Crippen LogP contribution in [0.1, 0.15) is 53.4 Å². The van der Waals surface area contributed by atoms with Crippen molar-refractivity contribution in [1.82, 2.24) is 0 Å². The van der Waals surface area contributed by atoms with Gasteiger partial charge in [-0.3, -0.25) is 13.6 Å². The first-order valence-corrected chi connectivity index (χ1v) is 8.03. The Kier molecular flexibility index (Phi) is 10.1. The first-order valence-electron chi connectivity index (χ1n) is 6.57. The molecule has 0 aromatic carbocycles. The van der Waals surface area contributed by atoms with Gasteiger partial charge >= 0.3 is 7.82 Å². The summed E-state index contributed by atoms with van der Waals surface area (Å²) in [6.07, 6.45) is 3.73. The summed E-state index contributed by atoms with van der Waals surface area (Å²) in [6.45, 7) is 9.37. The van der Waals surface area contributed by atoms with Gasteiger partial charge in [0.05, 0.1) is 19.8 Å².